The van der Waals surface area contributed by atoms with Crippen molar-refractivity contribution in [3.63, 3.8) is 0 Å². The molecule has 0 radical (unpaired) electrons. The van der Waals surface area contributed by atoms with Gasteiger partial charge in [-0.1, -0.05) is 23.7 Å². The predicted octanol–water partition coefficient (Wildman–Crippen LogP) is 5.80. The van der Waals surface area contributed by atoms with Gasteiger partial charge in [-0.25, -0.2) is 9.78 Å². The number of oxazole rings is 1. The smallest absolute Gasteiger partial charge is 0.487 e. The number of halogens is 1. The van der Waals surface area contributed by atoms with Gasteiger partial charge in [-0.05, 0) is 69.2 Å². The van der Waals surface area contributed by atoms with Crippen molar-refractivity contribution in [2.45, 2.75) is 51.9 Å². The molecule has 35 heavy (non-hydrogen) atoms. The Bertz CT molecular complexity index is 1220. The highest BCUT2D eigenvalue weighted by molar-refractivity contribution is 6.30. The van der Waals surface area contributed by atoms with Crippen LogP contribution in [-0.2, 0) is 21.6 Å². The molecule has 8 nitrogen and oxygen atoms in total. The SMILES string of the molecule is Cc1oc(-c2ccc(Cl)cc2)nc1COc1cccc(C(C)(C)C(=O)N2CCC[C@H]2OC(=O)O)c1. The van der Waals surface area contributed by atoms with Crippen LogP contribution in [0.5, 0.6) is 5.75 Å². The number of carbonyl (C=O) groups excluding carboxylic acids is 1. The molecule has 1 aromatic heterocycles. The Morgan fingerprint density at radius 2 is 1.97 bits per heavy atom. The van der Waals surface area contributed by atoms with E-state index in [0.29, 0.717) is 47.5 Å². The number of amides is 1. The van der Waals surface area contributed by atoms with E-state index in [4.69, 9.17) is 30.6 Å². The normalized spacial score (nSPS) is 15.8. The molecule has 1 amide bonds. The zero-order valence-corrected chi connectivity index (χ0v) is 20.5. The molecule has 0 unspecified atom stereocenters. The number of ether oxygens (including phenoxy) is 2. The average molecular weight is 499 g/mol. The van der Waals surface area contributed by atoms with Crippen molar-refractivity contribution in [2.24, 2.45) is 0 Å². The van der Waals surface area contributed by atoms with Gasteiger partial charge >= 0.3 is 6.16 Å². The van der Waals surface area contributed by atoms with Gasteiger partial charge in [0.15, 0.2) is 6.23 Å². The Kier molecular flexibility index (Phi) is 7.03. The Morgan fingerprint density at radius 3 is 2.69 bits per heavy atom. The number of rotatable bonds is 7. The number of likely N-dealkylation sites (tertiary alicyclic amines) is 1. The summed E-state index contributed by atoms with van der Waals surface area (Å²) in [5, 5.41) is 9.62. The summed E-state index contributed by atoms with van der Waals surface area (Å²) in [6.07, 6.45) is -0.960. The number of carbonyl (C=O) groups is 2. The van der Waals surface area contributed by atoms with Crippen molar-refractivity contribution in [3.8, 4) is 17.2 Å². The molecule has 1 aliphatic rings. The van der Waals surface area contributed by atoms with Crippen LogP contribution in [0.2, 0.25) is 5.02 Å². The Hall–Kier alpha value is -3.52. The summed E-state index contributed by atoms with van der Waals surface area (Å²) in [5.41, 5.74) is 1.33. The Balaban J connectivity index is 1.47. The molecule has 1 fully saturated rings. The second kappa shape index (κ2) is 10.00. The van der Waals surface area contributed by atoms with Crippen LogP contribution >= 0.6 is 11.6 Å². The summed E-state index contributed by atoms with van der Waals surface area (Å²) < 4.78 is 16.7. The number of hydrogen-bond acceptors (Lipinski definition) is 6. The maximum Gasteiger partial charge on any atom is 0.507 e. The van der Waals surface area contributed by atoms with Crippen LogP contribution in [0, 0.1) is 6.92 Å². The van der Waals surface area contributed by atoms with Crippen molar-refractivity contribution in [1.29, 1.82) is 0 Å². The number of hydrogen-bond donors (Lipinski definition) is 1. The molecule has 1 aliphatic heterocycles. The first-order chi connectivity index (χ1) is 16.6. The molecule has 2 heterocycles. The molecule has 2 aromatic carbocycles. The zero-order chi connectivity index (χ0) is 25.2. The van der Waals surface area contributed by atoms with E-state index in [-0.39, 0.29) is 12.5 Å². The number of carboxylic acid groups (broad SMARTS) is 1. The molecule has 0 aliphatic carbocycles. The number of aryl methyl sites for hydroxylation is 1. The second-order valence-electron chi connectivity index (χ2n) is 8.95. The molecule has 1 atom stereocenters. The topological polar surface area (TPSA) is 102 Å². The molecule has 0 spiro atoms. The Labute approximate surface area is 208 Å². The van der Waals surface area contributed by atoms with E-state index in [1.54, 1.807) is 12.1 Å². The molecule has 184 valence electrons. The van der Waals surface area contributed by atoms with E-state index < -0.39 is 17.8 Å². The molecular weight excluding hydrogens is 472 g/mol. The summed E-state index contributed by atoms with van der Waals surface area (Å²) in [6, 6.07) is 14.5. The second-order valence-corrected chi connectivity index (χ2v) is 9.39. The zero-order valence-electron chi connectivity index (χ0n) is 19.8. The van der Waals surface area contributed by atoms with Gasteiger partial charge in [0.05, 0.1) is 5.41 Å². The minimum Gasteiger partial charge on any atom is -0.487 e. The van der Waals surface area contributed by atoms with Crippen LogP contribution < -0.4 is 4.74 Å². The van der Waals surface area contributed by atoms with Crippen LogP contribution in [0.15, 0.2) is 52.9 Å². The molecule has 4 rings (SSSR count). The fourth-order valence-corrected chi connectivity index (χ4v) is 4.22. The van der Waals surface area contributed by atoms with Crippen LogP contribution in [-0.4, -0.2) is 39.8 Å². The van der Waals surface area contributed by atoms with Gasteiger partial charge in [0.1, 0.15) is 23.8 Å². The van der Waals surface area contributed by atoms with Crippen LogP contribution in [0.4, 0.5) is 4.79 Å². The number of benzene rings is 2. The van der Waals surface area contributed by atoms with Gasteiger partial charge in [-0.2, -0.15) is 0 Å². The van der Waals surface area contributed by atoms with E-state index in [9.17, 15) is 9.59 Å². The third-order valence-electron chi connectivity index (χ3n) is 6.15. The summed E-state index contributed by atoms with van der Waals surface area (Å²) in [7, 11) is 0. The Morgan fingerprint density at radius 1 is 1.23 bits per heavy atom. The number of nitrogens with zero attached hydrogens (tertiary/aromatic N) is 2. The minimum atomic E-state index is -1.38. The lowest BCUT2D eigenvalue weighted by Crippen LogP contribution is -2.47. The third-order valence-corrected chi connectivity index (χ3v) is 6.40. The van der Waals surface area contributed by atoms with E-state index >= 15 is 0 Å². The van der Waals surface area contributed by atoms with Crippen LogP contribution in [0.3, 0.4) is 0 Å². The van der Waals surface area contributed by atoms with Crippen LogP contribution in [0.25, 0.3) is 11.5 Å². The summed E-state index contributed by atoms with van der Waals surface area (Å²) in [6.45, 7) is 6.10. The average Bonchev–Trinajstić information content (AvgIpc) is 3.43. The van der Waals surface area contributed by atoms with Gasteiger partial charge in [0.25, 0.3) is 0 Å². The van der Waals surface area contributed by atoms with Crippen molar-refractivity contribution in [1.82, 2.24) is 9.88 Å². The van der Waals surface area contributed by atoms with Gasteiger partial charge in [0.2, 0.25) is 11.8 Å². The van der Waals surface area contributed by atoms with Crippen molar-refractivity contribution in [2.75, 3.05) is 6.54 Å². The van der Waals surface area contributed by atoms with Crippen LogP contribution in [0.1, 0.15) is 43.7 Å². The molecule has 0 saturated carbocycles. The monoisotopic (exact) mass is 498 g/mol. The first-order valence-electron chi connectivity index (χ1n) is 11.3. The lowest BCUT2D eigenvalue weighted by molar-refractivity contribution is -0.144. The highest BCUT2D eigenvalue weighted by atomic mass is 35.5. The predicted molar refractivity (Wildman–Crippen MR) is 129 cm³/mol. The molecule has 1 saturated heterocycles. The van der Waals surface area contributed by atoms with Crippen molar-refractivity contribution in [3.05, 3.63) is 70.6 Å². The molecule has 0 bridgehead atoms. The third kappa shape index (κ3) is 5.43. The van der Waals surface area contributed by atoms with Gasteiger partial charge in [0, 0.05) is 23.6 Å². The van der Waals surface area contributed by atoms with Gasteiger partial charge in [-0.15, -0.1) is 0 Å². The highest BCUT2D eigenvalue weighted by Gasteiger charge is 2.40. The van der Waals surface area contributed by atoms with E-state index in [2.05, 4.69) is 4.98 Å². The molecule has 1 N–H and O–H groups in total. The summed E-state index contributed by atoms with van der Waals surface area (Å²) in [4.78, 5) is 30.4. The van der Waals surface area contributed by atoms with Crippen molar-refractivity contribution < 1.29 is 28.6 Å². The molecule has 9 heteroatoms. The fraction of sp³-hybridized carbons (Fsp3) is 0.346. The maximum atomic E-state index is 13.3. The van der Waals surface area contributed by atoms with E-state index in [1.807, 2.05) is 57.2 Å². The molecular formula is C26H27ClN2O6. The van der Waals surface area contributed by atoms with E-state index in [1.165, 1.54) is 4.90 Å². The maximum absolute atomic E-state index is 13.3. The largest absolute Gasteiger partial charge is 0.507 e. The standard InChI is InChI=1S/C26H27ClN2O6/c1-16-21(28-23(34-16)17-9-11-19(27)12-10-17)15-33-20-7-4-6-18(14-20)26(2,3)24(30)29-13-5-8-22(29)35-25(31)32/h4,6-7,9-12,14,22H,5,8,13,15H2,1-3H3,(H,31,32)/t22-/m1/s1. The number of aromatic nitrogens is 1. The lowest BCUT2D eigenvalue weighted by Gasteiger charge is -2.32. The highest BCUT2D eigenvalue weighted by Crippen LogP contribution is 2.32. The summed E-state index contributed by atoms with van der Waals surface area (Å²) >= 11 is 5.96. The first-order valence-corrected chi connectivity index (χ1v) is 11.7. The fourth-order valence-electron chi connectivity index (χ4n) is 4.09. The van der Waals surface area contributed by atoms with E-state index in [0.717, 1.165) is 11.1 Å². The van der Waals surface area contributed by atoms with Gasteiger partial charge < -0.3 is 23.9 Å². The summed E-state index contributed by atoms with van der Waals surface area (Å²) in [5.74, 6) is 1.53. The quantitative estimate of drug-likeness (QED) is 0.410. The molecule has 3 aromatic rings. The lowest BCUT2D eigenvalue weighted by atomic mass is 9.83. The van der Waals surface area contributed by atoms with Gasteiger partial charge in [-0.3, -0.25) is 4.79 Å². The first kappa shape index (κ1) is 24.6. The minimum absolute atomic E-state index is 0.196. The van der Waals surface area contributed by atoms with Crippen molar-refractivity contribution >= 4 is 23.7 Å².